The van der Waals surface area contributed by atoms with Crippen LogP contribution in [-0.2, 0) is 33.4 Å². The molecule has 2 atom stereocenters. The number of nitrogens with one attached hydrogen (secondary N) is 3. The lowest BCUT2D eigenvalue weighted by Crippen LogP contribution is -2.56. The van der Waals surface area contributed by atoms with E-state index in [0.717, 1.165) is 11.8 Å². The van der Waals surface area contributed by atoms with E-state index in [9.17, 15) is 29.1 Å². The number of hydrogen-bond acceptors (Lipinski definition) is 9. The van der Waals surface area contributed by atoms with Gasteiger partial charge in [-0.05, 0) is 41.0 Å². The molecule has 0 saturated carbocycles. The average molecular weight is 548 g/mol. The van der Waals surface area contributed by atoms with Gasteiger partial charge >= 0.3 is 12.1 Å². The molecule has 0 aromatic heterocycles. The van der Waals surface area contributed by atoms with Crippen LogP contribution in [0.4, 0.5) is 4.79 Å². The predicted molar refractivity (Wildman–Crippen MR) is 137 cm³/mol. The Morgan fingerprint density at radius 1 is 1.05 bits per heavy atom. The lowest BCUT2D eigenvalue weighted by Gasteiger charge is -2.44. The molecular weight excluding hydrogens is 506 g/mol. The van der Waals surface area contributed by atoms with Gasteiger partial charge in [0.2, 0.25) is 11.8 Å². The molecule has 3 amide bonds. The fourth-order valence-electron chi connectivity index (χ4n) is 3.20. The molecule has 1 heterocycles. The van der Waals surface area contributed by atoms with Crippen molar-refractivity contribution in [1.82, 2.24) is 16.0 Å². The quantitative estimate of drug-likeness (QED) is 0.264. The van der Waals surface area contributed by atoms with Gasteiger partial charge in [-0.2, -0.15) is 0 Å². The number of aliphatic carboxylic acids is 1. The summed E-state index contributed by atoms with van der Waals surface area (Å²) in [5, 5.41) is 16.6. The van der Waals surface area contributed by atoms with E-state index in [1.807, 2.05) is 13.8 Å². The van der Waals surface area contributed by atoms with Crippen molar-refractivity contribution in [1.29, 1.82) is 0 Å². The molecule has 1 aliphatic rings. The third kappa shape index (κ3) is 13.1. The molecule has 1 saturated heterocycles. The first kappa shape index (κ1) is 32.6. The molecule has 0 bridgehead atoms. The van der Waals surface area contributed by atoms with E-state index < -0.39 is 41.0 Å². The van der Waals surface area contributed by atoms with Gasteiger partial charge in [-0.3, -0.25) is 14.4 Å². The van der Waals surface area contributed by atoms with Crippen molar-refractivity contribution in [2.75, 3.05) is 25.4 Å². The molecule has 4 N–H and O–H groups in total. The summed E-state index contributed by atoms with van der Waals surface area (Å²) in [6.07, 6.45) is -1.67. The summed E-state index contributed by atoms with van der Waals surface area (Å²) < 4.78 is 16.4. The van der Waals surface area contributed by atoms with Crippen LogP contribution in [-0.4, -0.2) is 83.1 Å². The highest BCUT2D eigenvalue weighted by atomic mass is 32.2. The highest BCUT2D eigenvalue weighted by Crippen LogP contribution is 2.34. The van der Waals surface area contributed by atoms with Crippen LogP contribution < -0.4 is 16.0 Å². The molecule has 0 aromatic rings. The summed E-state index contributed by atoms with van der Waals surface area (Å²) in [7, 11) is 0. The van der Waals surface area contributed by atoms with Crippen LogP contribution in [0, 0.1) is 5.41 Å². The van der Waals surface area contributed by atoms with Crippen molar-refractivity contribution >= 4 is 40.8 Å². The molecule has 0 spiro atoms. The monoisotopic (exact) mass is 547 g/mol. The summed E-state index contributed by atoms with van der Waals surface area (Å²) in [4.78, 5) is 59.8. The van der Waals surface area contributed by atoms with Crippen LogP contribution in [0.5, 0.6) is 0 Å². The first-order valence-electron chi connectivity index (χ1n) is 12.2. The van der Waals surface area contributed by atoms with Gasteiger partial charge in [-0.25, -0.2) is 9.59 Å². The minimum Gasteiger partial charge on any atom is -0.480 e. The Morgan fingerprint density at radius 2 is 1.70 bits per heavy atom. The number of ether oxygens (including phenoxy) is 3. The number of amides is 3. The van der Waals surface area contributed by atoms with Gasteiger partial charge in [0.15, 0.2) is 10.9 Å². The molecule has 12 nitrogen and oxygen atoms in total. The van der Waals surface area contributed by atoms with Crippen LogP contribution >= 0.6 is 11.8 Å². The summed E-state index contributed by atoms with van der Waals surface area (Å²) in [5.74, 6) is -2.43. The fraction of sp³-hybridized carbons (Fsp3) is 0.792. The molecule has 1 rings (SSSR count). The predicted octanol–water partition coefficient (Wildman–Crippen LogP) is 1.80. The Kier molecular flexibility index (Phi) is 12.3. The van der Waals surface area contributed by atoms with Gasteiger partial charge < -0.3 is 35.3 Å². The van der Waals surface area contributed by atoms with E-state index in [-0.39, 0.29) is 49.3 Å². The van der Waals surface area contributed by atoms with Crippen molar-refractivity contribution in [3.8, 4) is 0 Å². The number of hydrogen-bond donors (Lipinski definition) is 4. The summed E-state index contributed by atoms with van der Waals surface area (Å²) in [6.45, 7) is 12.9. The van der Waals surface area contributed by atoms with Gasteiger partial charge in [0.25, 0.3) is 0 Å². The molecule has 212 valence electrons. The van der Waals surface area contributed by atoms with Crippen LogP contribution in [0.25, 0.3) is 0 Å². The smallest absolute Gasteiger partial charge is 0.408 e. The maximum absolute atomic E-state index is 12.6. The minimum atomic E-state index is -1.27. The summed E-state index contributed by atoms with van der Waals surface area (Å²) in [5.41, 5.74) is -1.29. The van der Waals surface area contributed by atoms with E-state index in [2.05, 4.69) is 16.0 Å². The summed E-state index contributed by atoms with van der Waals surface area (Å²) >= 11 is 0.959. The van der Waals surface area contributed by atoms with Gasteiger partial charge in [0.05, 0.1) is 6.61 Å². The van der Waals surface area contributed by atoms with E-state index >= 15 is 0 Å². The Labute approximate surface area is 222 Å². The molecule has 0 unspecified atom stereocenters. The van der Waals surface area contributed by atoms with Crippen LogP contribution in [0.2, 0.25) is 0 Å². The lowest BCUT2D eigenvalue weighted by atomic mass is 9.85. The van der Waals surface area contributed by atoms with E-state index in [4.69, 9.17) is 14.2 Å². The number of alkyl carbamates (subject to hydrolysis) is 1. The molecule has 0 radical (unpaired) electrons. The van der Waals surface area contributed by atoms with Gasteiger partial charge in [-0.15, -0.1) is 0 Å². The number of rotatable bonds is 12. The fourth-order valence-corrected chi connectivity index (χ4v) is 3.89. The number of carbonyl (C=O) groups excluding carboxylic acids is 4. The minimum absolute atomic E-state index is 0.0635. The van der Waals surface area contributed by atoms with Gasteiger partial charge in [0, 0.05) is 37.1 Å². The Morgan fingerprint density at radius 3 is 2.30 bits per heavy atom. The third-order valence-corrected chi connectivity index (χ3v) is 6.04. The average Bonchev–Trinajstić information content (AvgIpc) is 2.74. The highest BCUT2D eigenvalue weighted by Gasteiger charge is 2.45. The first-order chi connectivity index (χ1) is 16.9. The molecule has 13 heteroatoms. The third-order valence-electron chi connectivity index (χ3n) is 5.11. The Bertz CT molecular complexity index is 840. The Hall–Kier alpha value is -2.38. The van der Waals surface area contributed by atoms with Crippen molar-refractivity contribution in [3.05, 3.63) is 0 Å². The normalized spacial score (nSPS) is 19.3. The number of carboxylic acid groups (broad SMARTS) is 1. The molecular formula is C24H41N3O9S. The maximum Gasteiger partial charge on any atom is 0.408 e. The molecule has 1 aliphatic heterocycles. The topological polar surface area (TPSA) is 169 Å². The zero-order chi connectivity index (χ0) is 28.4. The molecule has 1 fully saturated rings. The molecule has 0 aliphatic carbocycles. The van der Waals surface area contributed by atoms with E-state index in [1.54, 1.807) is 34.6 Å². The zero-order valence-corrected chi connectivity index (χ0v) is 23.5. The van der Waals surface area contributed by atoms with Crippen molar-refractivity contribution in [2.24, 2.45) is 5.41 Å². The number of carbonyl (C=O) groups is 5. The first-order valence-corrected chi connectivity index (χ1v) is 13.1. The number of thioether (sulfide) groups is 1. The second-order valence-electron chi connectivity index (χ2n) is 10.9. The van der Waals surface area contributed by atoms with Crippen LogP contribution in [0.15, 0.2) is 0 Å². The van der Waals surface area contributed by atoms with Crippen LogP contribution in [0.1, 0.15) is 67.7 Å². The lowest BCUT2D eigenvalue weighted by molar-refractivity contribution is -0.304. The largest absolute Gasteiger partial charge is 0.480 e. The van der Waals surface area contributed by atoms with Crippen molar-refractivity contribution < 1.29 is 43.3 Å². The second kappa shape index (κ2) is 14.0. The van der Waals surface area contributed by atoms with E-state index in [0.29, 0.717) is 12.4 Å². The standard InChI is InChI=1S/C24H41N3O9S/c1-22(2,3)36-21(33)27-15(20(31)32)8-9-17(29)37-13-12-25-16(28)10-11-26-19(30)18-23(4,5)14-34-24(6,7)35-18/h15,18H,8-14H2,1-7H3,(H,25,28)(H,26,30)(H,27,33)(H,31,32)/t15-,18-/m0/s1. The Balaban J connectivity index is 2.27. The summed E-state index contributed by atoms with van der Waals surface area (Å²) in [6, 6.07) is -1.25. The second-order valence-corrected chi connectivity index (χ2v) is 12.0. The molecule has 37 heavy (non-hydrogen) atoms. The maximum atomic E-state index is 12.6. The SMILES string of the molecule is CC(C)(C)OC(=O)N[C@@H](CCC(=O)SCCNC(=O)CCNC(=O)[C@@H]1OC(C)(C)OCC1(C)C)C(=O)O. The van der Waals surface area contributed by atoms with Gasteiger partial charge in [0.1, 0.15) is 17.7 Å². The highest BCUT2D eigenvalue weighted by molar-refractivity contribution is 8.13. The van der Waals surface area contributed by atoms with Crippen molar-refractivity contribution in [3.63, 3.8) is 0 Å². The van der Waals surface area contributed by atoms with Crippen molar-refractivity contribution in [2.45, 2.75) is 91.3 Å². The molecule has 0 aromatic carbocycles. The van der Waals surface area contributed by atoms with Gasteiger partial charge in [-0.1, -0.05) is 25.6 Å². The number of carboxylic acids is 1. The zero-order valence-electron chi connectivity index (χ0n) is 22.7. The van der Waals surface area contributed by atoms with E-state index in [1.165, 1.54) is 0 Å². The van der Waals surface area contributed by atoms with Crippen LogP contribution in [0.3, 0.4) is 0 Å².